The first-order chi connectivity index (χ1) is 11.3. The average molecular weight is 317 g/mol. The Balaban J connectivity index is 1.41. The molecule has 1 saturated carbocycles. The van der Waals surface area contributed by atoms with Gasteiger partial charge in [0.25, 0.3) is 0 Å². The van der Waals surface area contributed by atoms with Crippen LogP contribution in [0.25, 0.3) is 0 Å². The molecule has 0 aromatic carbocycles. The molecule has 1 saturated heterocycles. The van der Waals surface area contributed by atoms with Gasteiger partial charge in [0.1, 0.15) is 0 Å². The van der Waals surface area contributed by atoms with Crippen molar-refractivity contribution in [1.29, 1.82) is 0 Å². The van der Waals surface area contributed by atoms with Gasteiger partial charge in [-0.25, -0.2) is 4.79 Å². The van der Waals surface area contributed by atoms with Crippen LogP contribution in [0.2, 0.25) is 0 Å². The second kappa shape index (κ2) is 8.24. The molecule has 2 N–H and O–H groups in total. The summed E-state index contributed by atoms with van der Waals surface area (Å²) in [5.41, 5.74) is 0.771. The van der Waals surface area contributed by atoms with E-state index in [1.54, 1.807) is 6.20 Å². The van der Waals surface area contributed by atoms with Crippen molar-refractivity contribution in [2.75, 3.05) is 13.1 Å². The Morgan fingerprint density at radius 2 is 2.04 bits per heavy atom. The minimum absolute atomic E-state index is 0.119. The minimum Gasteiger partial charge on any atom is -0.337 e. The third kappa shape index (κ3) is 4.64. The Kier molecular flexibility index (Phi) is 5.80. The first-order valence-electron chi connectivity index (χ1n) is 8.87. The summed E-state index contributed by atoms with van der Waals surface area (Å²) in [7, 11) is 0. The van der Waals surface area contributed by atoms with Crippen LogP contribution in [0, 0.1) is 0 Å². The van der Waals surface area contributed by atoms with E-state index in [2.05, 4.69) is 25.7 Å². The number of rotatable bonds is 5. The number of carbonyl (C=O) groups excluding carboxylic acids is 1. The topological polar surface area (TPSA) is 70.1 Å². The normalized spacial score (nSPS) is 22.9. The maximum absolute atomic E-state index is 12.0. The van der Waals surface area contributed by atoms with Crippen molar-refractivity contribution in [3.05, 3.63) is 24.0 Å². The van der Waals surface area contributed by atoms with E-state index in [0.29, 0.717) is 12.6 Å². The number of carbonyl (C=O) groups is 1. The summed E-state index contributed by atoms with van der Waals surface area (Å²) in [6, 6.07) is 4.80. The first-order valence-corrected chi connectivity index (χ1v) is 8.87. The molecule has 23 heavy (non-hydrogen) atoms. The molecule has 126 valence electrons. The lowest BCUT2D eigenvalue weighted by Gasteiger charge is -2.35. The van der Waals surface area contributed by atoms with Crippen LogP contribution in [0.1, 0.15) is 50.6 Å². The van der Waals surface area contributed by atoms with Crippen LogP contribution in [0.5, 0.6) is 0 Å². The molecule has 2 heterocycles. The van der Waals surface area contributed by atoms with Gasteiger partial charge >= 0.3 is 6.03 Å². The molecule has 1 aromatic heterocycles. The molecule has 6 nitrogen and oxygen atoms in total. The van der Waals surface area contributed by atoms with Crippen molar-refractivity contribution < 1.29 is 4.79 Å². The summed E-state index contributed by atoms with van der Waals surface area (Å²) in [6.07, 6.45) is 10.8. The van der Waals surface area contributed by atoms with Gasteiger partial charge in [0.2, 0.25) is 0 Å². The second-order valence-corrected chi connectivity index (χ2v) is 6.60. The largest absolute Gasteiger partial charge is 0.337 e. The van der Waals surface area contributed by atoms with E-state index in [1.807, 2.05) is 12.1 Å². The van der Waals surface area contributed by atoms with Crippen molar-refractivity contribution in [2.24, 2.45) is 0 Å². The zero-order chi connectivity index (χ0) is 15.9. The molecule has 0 radical (unpaired) electrons. The third-order valence-electron chi connectivity index (χ3n) is 5.02. The standard InChI is InChI=1S/C17H27N5O/c23-17(18-12-14-6-4-10-20-21-14)19-13-16-9-5-11-22(16)15-7-2-1-3-8-15/h4,6,10,15-16H,1-3,5,7-9,11-13H2,(H2,18,19,23). The molecular weight excluding hydrogens is 290 g/mol. The minimum atomic E-state index is -0.119. The fraction of sp³-hybridized carbons (Fsp3) is 0.706. The lowest BCUT2D eigenvalue weighted by Crippen LogP contribution is -2.47. The molecule has 2 fully saturated rings. The fourth-order valence-electron chi connectivity index (χ4n) is 3.84. The lowest BCUT2D eigenvalue weighted by atomic mass is 9.94. The molecule has 0 bridgehead atoms. The summed E-state index contributed by atoms with van der Waals surface area (Å²) < 4.78 is 0. The van der Waals surface area contributed by atoms with Crippen LogP contribution in [-0.4, -0.2) is 46.3 Å². The van der Waals surface area contributed by atoms with Gasteiger partial charge in [-0.1, -0.05) is 19.3 Å². The van der Waals surface area contributed by atoms with Crippen LogP contribution < -0.4 is 10.6 Å². The molecule has 6 heteroatoms. The van der Waals surface area contributed by atoms with Crippen molar-refractivity contribution in [2.45, 2.75) is 63.6 Å². The number of aromatic nitrogens is 2. The number of amides is 2. The third-order valence-corrected chi connectivity index (χ3v) is 5.02. The van der Waals surface area contributed by atoms with E-state index in [1.165, 1.54) is 51.5 Å². The van der Waals surface area contributed by atoms with E-state index in [9.17, 15) is 4.79 Å². The number of likely N-dealkylation sites (tertiary alicyclic amines) is 1. The second-order valence-electron chi connectivity index (χ2n) is 6.60. The SMILES string of the molecule is O=C(NCc1cccnn1)NCC1CCCN1C1CCCCC1. The maximum atomic E-state index is 12.0. The Hall–Kier alpha value is -1.69. The summed E-state index contributed by atoms with van der Waals surface area (Å²) >= 11 is 0. The van der Waals surface area contributed by atoms with Gasteiger partial charge in [0, 0.05) is 24.8 Å². The highest BCUT2D eigenvalue weighted by Gasteiger charge is 2.31. The first kappa shape index (κ1) is 16.2. The van der Waals surface area contributed by atoms with Crippen molar-refractivity contribution in [1.82, 2.24) is 25.7 Å². The van der Waals surface area contributed by atoms with Gasteiger partial charge in [-0.15, -0.1) is 0 Å². The molecule has 3 rings (SSSR count). The number of nitrogens with zero attached hydrogens (tertiary/aromatic N) is 3. The molecule has 2 aliphatic rings. The number of hydrogen-bond donors (Lipinski definition) is 2. The Bertz CT molecular complexity index is 489. The van der Waals surface area contributed by atoms with E-state index in [-0.39, 0.29) is 6.03 Å². The maximum Gasteiger partial charge on any atom is 0.315 e. The highest BCUT2D eigenvalue weighted by molar-refractivity contribution is 5.73. The smallest absolute Gasteiger partial charge is 0.315 e. The fourth-order valence-corrected chi connectivity index (χ4v) is 3.84. The van der Waals surface area contributed by atoms with E-state index in [4.69, 9.17) is 0 Å². The quantitative estimate of drug-likeness (QED) is 0.872. The van der Waals surface area contributed by atoms with Gasteiger partial charge in [-0.2, -0.15) is 10.2 Å². The Morgan fingerprint density at radius 1 is 1.17 bits per heavy atom. The molecule has 1 aliphatic heterocycles. The van der Waals surface area contributed by atoms with E-state index < -0.39 is 0 Å². The lowest BCUT2D eigenvalue weighted by molar-refractivity contribution is 0.140. The molecule has 1 aromatic rings. The van der Waals surface area contributed by atoms with Gasteiger partial charge in [-0.05, 0) is 44.4 Å². The van der Waals surface area contributed by atoms with Crippen LogP contribution in [-0.2, 0) is 6.54 Å². The molecule has 1 unspecified atom stereocenters. The summed E-state index contributed by atoms with van der Waals surface area (Å²) in [4.78, 5) is 14.6. The highest BCUT2D eigenvalue weighted by atomic mass is 16.2. The predicted molar refractivity (Wildman–Crippen MR) is 88.9 cm³/mol. The summed E-state index contributed by atoms with van der Waals surface area (Å²) in [6.45, 7) is 2.34. The van der Waals surface area contributed by atoms with Gasteiger partial charge in [-0.3, -0.25) is 4.90 Å². The van der Waals surface area contributed by atoms with Crippen molar-refractivity contribution in [3.8, 4) is 0 Å². The Labute approximate surface area is 138 Å². The summed E-state index contributed by atoms with van der Waals surface area (Å²) in [5.74, 6) is 0. The van der Waals surface area contributed by atoms with Crippen molar-refractivity contribution in [3.63, 3.8) is 0 Å². The molecular formula is C17H27N5O. The predicted octanol–water partition coefficient (Wildman–Crippen LogP) is 2.07. The van der Waals surface area contributed by atoms with Crippen molar-refractivity contribution >= 4 is 6.03 Å². The van der Waals surface area contributed by atoms with E-state index >= 15 is 0 Å². The zero-order valence-electron chi connectivity index (χ0n) is 13.7. The van der Waals surface area contributed by atoms with Gasteiger partial charge in [0.05, 0.1) is 12.2 Å². The molecule has 0 spiro atoms. The average Bonchev–Trinajstić information content (AvgIpc) is 3.08. The monoisotopic (exact) mass is 317 g/mol. The number of nitrogens with one attached hydrogen (secondary N) is 2. The Morgan fingerprint density at radius 3 is 2.83 bits per heavy atom. The molecule has 1 aliphatic carbocycles. The van der Waals surface area contributed by atoms with Gasteiger partial charge in [0.15, 0.2) is 0 Å². The van der Waals surface area contributed by atoms with Gasteiger partial charge < -0.3 is 10.6 Å². The summed E-state index contributed by atoms with van der Waals surface area (Å²) in [5, 5.41) is 13.6. The zero-order valence-corrected chi connectivity index (χ0v) is 13.7. The number of urea groups is 1. The van der Waals surface area contributed by atoms with Crippen LogP contribution in [0.4, 0.5) is 4.79 Å². The van der Waals surface area contributed by atoms with E-state index in [0.717, 1.165) is 18.3 Å². The van der Waals surface area contributed by atoms with Crippen LogP contribution >= 0.6 is 0 Å². The molecule has 1 atom stereocenters. The highest BCUT2D eigenvalue weighted by Crippen LogP contribution is 2.28. The van der Waals surface area contributed by atoms with Crippen LogP contribution in [0.3, 0.4) is 0 Å². The van der Waals surface area contributed by atoms with Crippen LogP contribution in [0.15, 0.2) is 18.3 Å². The number of hydrogen-bond acceptors (Lipinski definition) is 4. The molecule has 2 amide bonds.